The molecule has 136 valence electrons. The van der Waals surface area contributed by atoms with Crippen LogP contribution >= 0.6 is 0 Å². The maximum atomic E-state index is 12.6. The Balaban J connectivity index is 1.93. The highest BCUT2D eigenvalue weighted by molar-refractivity contribution is 5.82. The van der Waals surface area contributed by atoms with Crippen LogP contribution < -0.4 is 5.43 Å². The monoisotopic (exact) mass is 351 g/mol. The number of fused-ring (bicyclic) bond motifs is 1. The fourth-order valence-electron chi connectivity index (χ4n) is 3.39. The molecule has 0 bridgehead atoms. The minimum Gasteiger partial charge on any atom is -0.383 e. The molecule has 0 aliphatic heterocycles. The maximum Gasteiger partial charge on any atom is 0.189 e. The second-order valence-electron chi connectivity index (χ2n) is 6.80. The predicted molar refractivity (Wildman–Crippen MR) is 104 cm³/mol. The van der Waals surface area contributed by atoms with Gasteiger partial charge in [-0.1, -0.05) is 12.1 Å². The molecule has 3 aromatic rings. The molecule has 0 amide bonds. The minimum absolute atomic E-state index is 0.0134. The van der Waals surface area contributed by atoms with Gasteiger partial charge in [-0.25, -0.2) is 0 Å². The number of H-pyrrole nitrogens is 1. The molecule has 2 heterocycles. The molecule has 1 atom stereocenters. The van der Waals surface area contributed by atoms with Crippen molar-refractivity contribution < 1.29 is 4.74 Å². The lowest BCUT2D eigenvalue weighted by molar-refractivity contribution is 0.0993. The van der Waals surface area contributed by atoms with Crippen LogP contribution in [0.15, 0.2) is 47.4 Å². The van der Waals surface area contributed by atoms with Crippen molar-refractivity contribution >= 4 is 10.9 Å². The van der Waals surface area contributed by atoms with Crippen LogP contribution in [0.3, 0.4) is 0 Å². The van der Waals surface area contributed by atoms with Gasteiger partial charge in [-0.2, -0.15) is 0 Å². The molecule has 2 aromatic heterocycles. The summed E-state index contributed by atoms with van der Waals surface area (Å²) in [5.74, 6) is 0. The number of benzene rings is 1. The first kappa shape index (κ1) is 18.3. The summed E-state index contributed by atoms with van der Waals surface area (Å²) in [5.41, 5.74) is 4.98. The van der Waals surface area contributed by atoms with Crippen molar-refractivity contribution in [1.82, 2.24) is 14.9 Å². The van der Waals surface area contributed by atoms with Gasteiger partial charge in [0.2, 0.25) is 0 Å². The number of ether oxygens (including phenoxy) is 1. The Morgan fingerprint density at radius 2 is 2.04 bits per heavy atom. The molecule has 3 rings (SSSR count). The first-order valence-electron chi connectivity index (χ1n) is 8.73. The summed E-state index contributed by atoms with van der Waals surface area (Å²) in [6, 6.07) is 11.6. The second kappa shape index (κ2) is 7.81. The largest absolute Gasteiger partial charge is 0.383 e. The van der Waals surface area contributed by atoms with Crippen LogP contribution in [0.4, 0.5) is 0 Å². The normalized spacial score (nSPS) is 12.7. The van der Waals surface area contributed by atoms with Gasteiger partial charge in [0, 0.05) is 37.0 Å². The van der Waals surface area contributed by atoms with Crippen molar-refractivity contribution in [1.29, 1.82) is 0 Å². The molecule has 1 unspecified atom stereocenters. The van der Waals surface area contributed by atoms with Gasteiger partial charge >= 0.3 is 0 Å². The number of methoxy groups -OCH3 is 1. The third kappa shape index (κ3) is 3.84. The van der Waals surface area contributed by atoms with Gasteiger partial charge < -0.3 is 9.72 Å². The summed E-state index contributed by atoms with van der Waals surface area (Å²) in [6.45, 7) is 5.17. The highest BCUT2D eigenvalue weighted by Gasteiger charge is 2.19. The number of aromatic amines is 1. The Morgan fingerprint density at radius 1 is 1.23 bits per heavy atom. The van der Waals surface area contributed by atoms with Crippen molar-refractivity contribution in [3.05, 3.63) is 75.3 Å². The number of aromatic nitrogens is 2. The van der Waals surface area contributed by atoms with E-state index in [1.165, 1.54) is 0 Å². The van der Waals surface area contributed by atoms with E-state index in [1.807, 2.05) is 45.2 Å². The van der Waals surface area contributed by atoms with Crippen LogP contribution in [-0.4, -0.2) is 35.6 Å². The van der Waals surface area contributed by atoms with Gasteiger partial charge in [-0.05, 0) is 50.2 Å². The second-order valence-corrected chi connectivity index (χ2v) is 6.80. The number of nitrogens with zero attached hydrogens (tertiary/aromatic N) is 2. The van der Waals surface area contributed by atoms with Crippen LogP contribution in [0.1, 0.15) is 28.6 Å². The SMILES string of the molecule is COCC(c1ccccn1)N(C)Cc1cc(=O)c2cc(C)cc(C)c2[nH]1. The number of aryl methyl sites for hydroxylation is 2. The van der Waals surface area contributed by atoms with Crippen molar-refractivity contribution in [3.63, 3.8) is 0 Å². The van der Waals surface area contributed by atoms with E-state index in [2.05, 4.69) is 20.9 Å². The standard InChI is InChI=1S/C21H25N3O2/c1-14-9-15(2)21-17(10-14)20(25)11-16(23-21)12-24(3)19(13-26-4)18-7-5-6-8-22-18/h5-11,19H,12-13H2,1-4H3,(H,23,25). The molecule has 1 aromatic carbocycles. The fourth-order valence-corrected chi connectivity index (χ4v) is 3.39. The maximum absolute atomic E-state index is 12.6. The molecule has 0 spiro atoms. The number of likely N-dealkylation sites (N-methyl/N-ethyl adjacent to an activating group) is 1. The average Bonchev–Trinajstić information content (AvgIpc) is 2.61. The van der Waals surface area contributed by atoms with Gasteiger partial charge in [-0.15, -0.1) is 0 Å². The van der Waals surface area contributed by atoms with E-state index in [-0.39, 0.29) is 11.5 Å². The molecule has 0 saturated carbocycles. The Bertz CT molecular complexity index is 951. The molecule has 5 heteroatoms. The number of hydrogen-bond acceptors (Lipinski definition) is 4. The minimum atomic E-state index is 0.0134. The van der Waals surface area contributed by atoms with Crippen molar-refractivity contribution in [2.75, 3.05) is 20.8 Å². The number of pyridine rings is 2. The smallest absolute Gasteiger partial charge is 0.189 e. The van der Waals surface area contributed by atoms with Crippen LogP contribution in [-0.2, 0) is 11.3 Å². The molecule has 5 nitrogen and oxygen atoms in total. The number of hydrogen-bond donors (Lipinski definition) is 1. The first-order chi connectivity index (χ1) is 12.5. The van der Waals surface area contributed by atoms with E-state index in [1.54, 1.807) is 19.4 Å². The van der Waals surface area contributed by atoms with E-state index in [0.29, 0.717) is 13.2 Å². The van der Waals surface area contributed by atoms with Crippen molar-refractivity contribution in [2.24, 2.45) is 0 Å². The average molecular weight is 351 g/mol. The summed E-state index contributed by atoms with van der Waals surface area (Å²) >= 11 is 0. The van der Waals surface area contributed by atoms with Gasteiger partial charge in [-0.3, -0.25) is 14.7 Å². The van der Waals surface area contributed by atoms with E-state index < -0.39 is 0 Å². The lowest BCUT2D eigenvalue weighted by Gasteiger charge is -2.27. The zero-order valence-electron chi connectivity index (χ0n) is 15.7. The molecule has 0 radical (unpaired) electrons. The molecular formula is C21H25N3O2. The topological polar surface area (TPSA) is 58.2 Å². The molecular weight excluding hydrogens is 326 g/mol. The molecule has 0 saturated heterocycles. The van der Waals surface area contributed by atoms with Crippen LogP contribution in [0.25, 0.3) is 10.9 Å². The number of nitrogens with one attached hydrogen (secondary N) is 1. The Kier molecular flexibility index (Phi) is 5.49. The lowest BCUT2D eigenvalue weighted by atomic mass is 10.1. The van der Waals surface area contributed by atoms with Crippen LogP contribution in [0.2, 0.25) is 0 Å². The third-order valence-corrected chi connectivity index (χ3v) is 4.64. The summed E-state index contributed by atoms with van der Waals surface area (Å²) in [5, 5.41) is 0.743. The van der Waals surface area contributed by atoms with Gasteiger partial charge in [0.15, 0.2) is 5.43 Å². The van der Waals surface area contributed by atoms with Gasteiger partial charge in [0.05, 0.1) is 23.9 Å². The predicted octanol–water partition coefficient (Wildman–Crippen LogP) is 3.36. The Hall–Kier alpha value is -2.50. The van der Waals surface area contributed by atoms with E-state index >= 15 is 0 Å². The van der Waals surface area contributed by atoms with E-state index in [0.717, 1.165) is 33.4 Å². The Morgan fingerprint density at radius 3 is 2.73 bits per heavy atom. The van der Waals surface area contributed by atoms with E-state index in [4.69, 9.17) is 4.74 Å². The molecule has 0 fully saturated rings. The van der Waals surface area contributed by atoms with Crippen molar-refractivity contribution in [3.8, 4) is 0 Å². The highest BCUT2D eigenvalue weighted by atomic mass is 16.5. The fraction of sp³-hybridized carbons (Fsp3) is 0.333. The van der Waals surface area contributed by atoms with E-state index in [9.17, 15) is 4.79 Å². The summed E-state index contributed by atoms with van der Waals surface area (Å²) in [6.07, 6.45) is 1.79. The molecule has 1 N–H and O–H groups in total. The Labute approximate surface area is 153 Å². The molecule has 0 aliphatic carbocycles. The van der Waals surface area contributed by atoms with Gasteiger partial charge in [0.25, 0.3) is 0 Å². The van der Waals surface area contributed by atoms with Crippen LogP contribution in [0, 0.1) is 13.8 Å². The third-order valence-electron chi connectivity index (χ3n) is 4.64. The zero-order chi connectivity index (χ0) is 18.7. The number of rotatable bonds is 6. The van der Waals surface area contributed by atoms with Crippen molar-refractivity contribution in [2.45, 2.75) is 26.4 Å². The zero-order valence-corrected chi connectivity index (χ0v) is 15.7. The lowest BCUT2D eigenvalue weighted by Crippen LogP contribution is -2.29. The summed E-state index contributed by atoms with van der Waals surface area (Å²) in [7, 11) is 3.70. The van der Waals surface area contributed by atoms with Crippen LogP contribution in [0.5, 0.6) is 0 Å². The summed E-state index contributed by atoms with van der Waals surface area (Å²) in [4.78, 5) is 22.6. The first-order valence-corrected chi connectivity index (χ1v) is 8.73. The highest BCUT2D eigenvalue weighted by Crippen LogP contribution is 2.21. The summed E-state index contributed by atoms with van der Waals surface area (Å²) < 4.78 is 5.39. The van der Waals surface area contributed by atoms with Gasteiger partial charge in [0.1, 0.15) is 0 Å². The molecule has 0 aliphatic rings. The quantitative estimate of drug-likeness (QED) is 0.740. The molecule has 26 heavy (non-hydrogen) atoms.